The van der Waals surface area contributed by atoms with Gasteiger partial charge in [0.2, 0.25) is 0 Å². The minimum absolute atomic E-state index is 0.837. The van der Waals surface area contributed by atoms with Crippen molar-refractivity contribution in [2.75, 3.05) is 4.90 Å². The Morgan fingerprint density at radius 2 is 0.692 bits per heavy atom. The average Bonchev–Trinajstić information content (AvgIpc) is 3.42. The van der Waals surface area contributed by atoms with Gasteiger partial charge in [0.15, 0.2) is 0 Å². The summed E-state index contributed by atoms with van der Waals surface area (Å²) in [4.78, 5) is 2.35. The molecular weight excluding hydrogens is 639 g/mol. The Hall–Kier alpha value is -7.04. The number of ether oxygens (including phenoxy) is 2. The lowest BCUT2D eigenvalue weighted by atomic mass is 9.92. The number of nitrogens with zero attached hydrogens (tertiary/aromatic N) is 1. The zero-order valence-electron chi connectivity index (χ0n) is 27.9. The second-order valence-corrected chi connectivity index (χ2v) is 13.3. The number of furan rings is 1. The minimum atomic E-state index is 0.837. The van der Waals surface area contributed by atoms with Crippen LogP contribution in [0.4, 0.5) is 17.1 Å². The molecular formula is C48H29NO3. The second kappa shape index (κ2) is 11.2. The molecule has 0 bridgehead atoms. The molecule has 2 aliphatic heterocycles. The van der Waals surface area contributed by atoms with Crippen LogP contribution in [0.25, 0.3) is 66.4 Å². The molecule has 52 heavy (non-hydrogen) atoms. The Labute approximate surface area is 300 Å². The van der Waals surface area contributed by atoms with Crippen molar-refractivity contribution < 1.29 is 13.9 Å². The lowest BCUT2D eigenvalue weighted by Crippen LogP contribution is -2.10. The van der Waals surface area contributed by atoms with Gasteiger partial charge in [0.1, 0.15) is 34.2 Å². The summed E-state index contributed by atoms with van der Waals surface area (Å²) in [7, 11) is 0. The minimum Gasteiger partial charge on any atom is -0.456 e. The van der Waals surface area contributed by atoms with E-state index < -0.39 is 0 Å². The fraction of sp³-hybridized carbons (Fsp3) is 0. The SMILES string of the molecule is c1ccc2c(c1)Oc1ccccc1-c1cc(N(c3ccc4c(c3)-c3ccccc3Oc3ccccc3-4)c3ccc4oc5ccccc5c4c3)ccc1-2. The molecule has 0 atom stereocenters. The molecule has 0 aliphatic carbocycles. The maximum atomic E-state index is 6.53. The molecule has 11 rings (SSSR count). The van der Waals surface area contributed by atoms with Gasteiger partial charge in [-0.1, -0.05) is 103 Å². The van der Waals surface area contributed by atoms with Crippen LogP contribution in [0.5, 0.6) is 23.0 Å². The maximum absolute atomic E-state index is 6.53. The summed E-state index contributed by atoms with van der Waals surface area (Å²) >= 11 is 0. The van der Waals surface area contributed by atoms with E-state index in [4.69, 9.17) is 13.9 Å². The van der Waals surface area contributed by atoms with Gasteiger partial charge in [0.25, 0.3) is 0 Å². The highest BCUT2D eigenvalue weighted by Gasteiger charge is 2.26. The molecule has 9 aromatic rings. The topological polar surface area (TPSA) is 34.8 Å². The van der Waals surface area contributed by atoms with Crippen LogP contribution in [-0.4, -0.2) is 0 Å². The maximum Gasteiger partial charge on any atom is 0.135 e. The molecule has 0 radical (unpaired) electrons. The first-order valence-corrected chi connectivity index (χ1v) is 17.5. The van der Waals surface area contributed by atoms with Gasteiger partial charge in [0, 0.05) is 50.1 Å². The summed E-state index contributed by atoms with van der Waals surface area (Å²) in [6.07, 6.45) is 0. The van der Waals surface area contributed by atoms with Crippen molar-refractivity contribution in [2.45, 2.75) is 0 Å². The van der Waals surface area contributed by atoms with E-state index in [0.717, 1.165) is 107 Å². The Bertz CT molecular complexity index is 2740. The van der Waals surface area contributed by atoms with Gasteiger partial charge in [0.05, 0.1) is 0 Å². The molecule has 8 aromatic carbocycles. The van der Waals surface area contributed by atoms with Gasteiger partial charge >= 0.3 is 0 Å². The summed E-state index contributed by atoms with van der Waals surface area (Å²) in [5.74, 6) is 3.37. The number of para-hydroxylation sites is 5. The standard InChI is InChI=1S/C48H29NO3/c1-6-16-43-35(11-1)33-24-21-30(27-40(33)37-13-3-8-18-45(37)50-43)49(32-23-26-48-42(29-32)39-15-5-10-20-47(39)52-48)31-22-25-34-36-12-2-7-17-44(36)51-46-19-9-4-14-38(46)41(34)28-31/h1-29H. The highest BCUT2D eigenvalue weighted by Crippen LogP contribution is 2.51. The number of fused-ring (bicyclic) bond motifs is 13. The molecule has 3 heterocycles. The van der Waals surface area contributed by atoms with E-state index in [1.165, 1.54) is 0 Å². The summed E-state index contributed by atoms with van der Waals surface area (Å²) in [6, 6.07) is 61.4. The number of benzene rings is 8. The quantitative estimate of drug-likeness (QED) is 0.188. The molecule has 1 aromatic heterocycles. The summed E-state index contributed by atoms with van der Waals surface area (Å²) in [6.45, 7) is 0. The Morgan fingerprint density at radius 3 is 1.23 bits per heavy atom. The highest BCUT2D eigenvalue weighted by atomic mass is 16.5. The van der Waals surface area contributed by atoms with Gasteiger partial charge in [-0.3, -0.25) is 0 Å². The van der Waals surface area contributed by atoms with Crippen LogP contribution in [0, 0.1) is 0 Å². The molecule has 0 spiro atoms. The Kier molecular flexibility index (Phi) is 6.22. The van der Waals surface area contributed by atoms with E-state index in [-0.39, 0.29) is 0 Å². The van der Waals surface area contributed by atoms with Crippen LogP contribution in [-0.2, 0) is 0 Å². The number of anilines is 3. The summed E-state index contributed by atoms with van der Waals surface area (Å²) in [5, 5.41) is 2.16. The zero-order chi connectivity index (χ0) is 34.2. The highest BCUT2D eigenvalue weighted by molar-refractivity contribution is 6.07. The van der Waals surface area contributed by atoms with E-state index in [0.29, 0.717) is 0 Å². The summed E-state index contributed by atoms with van der Waals surface area (Å²) in [5.41, 5.74) is 13.5. The van der Waals surface area contributed by atoms with Gasteiger partial charge in [-0.25, -0.2) is 0 Å². The zero-order valence-corrected chi connectivity index (χ0v) is 27.9. The molecule has 0 fully saturated rings. The van der Waals surface area contributed by atoms with E-state index in [2.05, 4.69) is 120 Å². The lowest BCUT2D eigenvalue weighted by molar-refractivity contribution is 0.487. The van der Waals surface area contributed by atoms with Crippen LogP contribution >= 0.6 is 0 Å². The molecule has 4 heteroatoms. The molecule has 0 N–H and O–H groups in total. The third kappa shape index (κ3) is 4.41. The van der Waals surface area contributed by atoms with E-state index in [1.54, 1.807) is 0 Å². The Balaban J connectivity index is 1.18. The van der Waals surface area contributed by atoms with E-state index in [9.17, 15) is 0 Å². The van der Waals surface area contributed by atoms with Crippen LogP contribution in [0.2, 0.25) is 0 Å². The number of hydrogen-bond donors (Lipinski definition) is 0. The van der Waals surface area contributed by atoms with Crippen LogP contribution < -0.4 is 14.4 Å². The monoisotopic (exact) mass is 667 g/mol. The van der Waals surface area contributed by atoms with Gasteiger partial charge in [-0.2, -0.15) is 0 Å². The van der Waals surface area contributed by atoms with Gasteiger partial charge < -0.3 is 18.8 Å². The predicted octanol–water partition coefficient (Wildman–Crippen LogP) is 13.9. The van der Waals surface area contributed by atoms with Crippen LogP contribution in [0.1, 0.15) is 0 Å². The molecule has 0 amide bonds. The third-order valence-electron chi connectivity index (χ3n) is 10.3. The van der Waals surface area contributed by atoms with Crippen molar-refractivity contribution in [1.82, 2.24) is 0 Å². The van der Waals surface area contributed by atoms with E-state index >= 15 is 0 Å². The van der Waals surface area contributed by atoms with Crippen molar-refractivity contribution in [3.8, 4) is 67.5 Å². The van der Waals surface area contributed by atoms with Crippen LogP contribution in [0.15, 0.2) is 180 Å². The molecule has 4 nitrogen and oxygen atoms in total. The molecule has 244 valence electrons. The second-order valence-electron chi connectivity index (χ2n) is 13.3. The average molecular weight is 668 g/mol. The number of rotatable bonds is 3. The molecule has 2 aliphatic rings. The smallest absolute Gasteiger partial charge is 0.135 e. The van der Waals surface area contributed by atoms with Crippen molar-refractivity contribution in [1.29, 1.82) is 0 Å². The summed E-state index contributed by atoms with van der Waals surface area (Å²) < 4.78 is 19.3. The largest absolute Gasteiger partial charge is 0.456 e. The number of hydrogen-bond acceptors (Lipinski definition) is 4. The van der Waals surface area contributed by atoms with Crippen molar-refractivity contribution >= 4 is 39.0 Å². The normalized spacial score (nSPS) is 12.2. The fourth-order valence-electron chi connectivity index (χ4n) is 7.91. The van der Waals surface area contributed by atoms with Gasteiger partial charge in [-0.05, 0) is 95.1 Å². The van der Waals surface area contributed by atoms with Crippen molar-refractivity contribution in [2.24, 2.45) is 0 Å². The van der Waals surface area contributed by atoms with E-state index in [1.807, 2.05) is 60.7 Å². The van der Waals surface area contributed by atoms with Crippen LogP contribution in [0.3, 0.4) is 0 Å². The molecule has 0 saturated heterocycles. The van der Waals surface area contributed by atoms with Crippen molar-refractivity contribution in [3.63, 3.8) is 0 Å². The molecule has 0 unspecified atom stereocenters. The Morgan fingerprint density at radius 1 is 0.288 bits per heavy atom. The fourth-order valence-corrected chi connectivity index (χ4v) is 7.91. The molecule has 0 saturated carbocycles. The predicted molar refractivity (Wildman–Crippen MR) is 210 cm³/mol. The first-order valence-electron chi connectivity index (χ1n) is 17.5. The van der Waals surface area contributed by atoms with Crippen molar-refractivity contribution in [3.05, 3.63) is 176 Å². The lowest BCUT2D eigenvalue weighted by Gasteiger charge is -2.28. The van der Waals surface area contributed by atoms with Gasteiger partial charge in [-0.15, -0.1) is 0 Å². The first kappa shape index (κ1) is 28.8. The third-order valence-corrected chi connectivity index (χ3v) is 10.3. The first-order chi connectivity index (χ1) is 25.8.